The molecule has 0 bridgehead atoms. The Kier molecular flexibility index (Phi) is 4.01. The molecule has 1 aromatic carbocycles. The van der Waals surface area contributed by atoms with E-state index in [9.17, 15) is 4.39 Å². The molecule has 0 atom stereocenters. The standard InChI is InChI=1S/C11H14FNS/c1-8-5-6-9(10(12)7-8)3-2-4-11(13)14/h5-7H,2-4H2,1H3,(H2,13,14). The first-order valence-corrected chi connectivity index (χ1v) is 5.04. The summed E-state index contributed by atoms with van der Waals surface area (Å²) in [5.74, 6) is -0.132. The topological polar surface area (TPSA) is 26.0 Å². The van der Waals surface area contributed by atoms with Gasteiger partial charge in [0.2, 0.25) is 0 Å². The van der Waals surface area contributed by atoms with Crippen LogP contribution in [-0.4, -0.2) is 4.99 Å². The van der Waals surface area contributed by atoms with Crippen LogP contribution in [0.5, 0.6) is 0 Å². The van der Waals surface area contributed by atoms with Crippen molar-refractivity contribution in [2.75, 3.05) is 0 Å². The molecule has 0 saturated heterocycles. The summed E-state index contributed by atoms with van der Waals surface area (Å²) in [5.41, 5.74) is 7.04. The summed E-state index contributed by atoms with van der Waals surface area (Å²) < 4.78 is 13.3. The van der Waals surface area contributed by atoms with E-state index in [1.54, 1.807) is 6.07 Å². The first-order valence-electron chi connectivity index (χ1n) is 4.63. The van der Waals surface area contributed by atoms with Crippen molar-refractivity contribution in [2.24, 2.45) is 5.73 Å². The number of rotatable bonds is 4. The third-order valence-electron chi connectivity index (χ3n) is 2.08. The van der Waals surface area contributed by atoms with Crippen LogP contribution in [-0.2, 0) is 6.42 Å². The molecule has 0 aliphatic carbocycles. The highest BCUT2D eigenvalue weighted by atomic mass is 32.1. The van der Waals surface area contributed by atoms with Gasteiger partial charge in [-0.25, -0.2) is 4.39 Å². The van der Waals surface area contributed by atoms with Crippen molar-refractivity contribution in [3.63, 3.8) is 0 Å². The highest BCUT2D eigenvalue weighted by Gasteiger charge is 2.01. The average Bonchev–Trinajstić information content (AvgIpc) is 2.08. The quantitative estimate of drug-likeness (QED) is 0.775. The average molecular weight is 211 g/mol. The first kappa shape index (κ1) is 11.1. The summed E-state index contributed by atoms with van der Waals surface area (Å²) in [7, 11) is 0. The van der Waals surface area contributed by atoms with Crippen molar-refractivity contribution in [1.82, 2.24) is 0 Å². The normalized spacial score (nSPS) is 10.1. The Labute approximate surface area is 89.1 Å². The van der Waals surface area contributed by atoms with E-state index in [1.165, 1.54) is 0 Å². The second-order valence-electron chi connectivity index (χ2n) is 3.41. The molecule has 2 N–H and O–H groups in total. The third kappa shape index (κ3) is 3.42. The Morgan fingerprint density at radius 3 is 2.79 bits per heavy atom. The van der Waals surface area contributed by atoms with Crippen LogP contribution in [0.1, 0.15) is 24.0 Å². The highest BCUT2D eigenvalue weighted by Crippen LogP contribution is 2.12. The molecule has 14 heavy (non-hydrogen) atoms. The van der Waals surface area contributed by atoms with Gasteiger partial charge in [0.05, 0.1) is 4.99 Å². The van der Waals surface area contributed by atoms with Gasteiger partial charge in [-0.3, -0.25) is 0 Å². The van der Waals surface area contributed by atoms with Crippen LogP contribution in [0.3, 0.4) is 0 Å². The number of hydrogen-bond donors (Lipinski definition) is 1. The van der Waals surface area contributed by atoms with E-state index in [0.717, 1.165) is 17.5 Å². The molecule has 0 aromatic heterocycles. The van der Waals surface area contributed by atoms with Crippen molar-refractivity contribution in [3.8, 4) is 0 Å². The summed E-state index contributed by atoms with van der Waals surface area (Å²) in [4.78, 5) is 0.498. The summed E-state index contributed by atoms with van der Waals surface area (Å²) in [6.45, 7) is 1.88. The van der Waals surface area contributed by atoms with Crippen molar-refractivity contribution >= 4 is 17.2 Å². The van der Waals surface area contributed by atoms with Gasteiger partial charge in [-0.2, -0.15) is 0 Å². The molecule has 0 heterocycles. The van der Waals surface area contributed by atoms with Crippen molar-refractivity contribution < 1.29 is 4.39 Å². The molecule has 76 valence electrons. The monoisotopic (exact) mass is 211 g/mol. The van der Waals surface area contributed by atoms with Crippen molar-refractivity contribution in [2.45, 2.75) is 26.2 Å². The van der Waals surface area contributed by atoms with Crippen LogP contribution in [0.15, 0.2) is 18.2 Å². The van der Waals surface area contributed by atoms with E-state index < -0.39 is 0 Å². The number of hydrogen-bond acceptors (Lipinski definition) is 1. The maximum atomic E-state index is 13.3. The van der Waals surface area contributed by atoms with Crippen LogP contribution < -0.4 is 5.73 Å². The van der Waals surface area contributed by atoms with Gasteiger partial charge >= 0.3 is 0 Å². The minimum atomic E-state index is -0.132. The number of nitrogens with two attached hydrogens (primary N) is 1. The molecule has 1 rings (SSSR count). The van der Waals surface area contributed by atoms with Crippen LogP contribution in [0.2, 0.25) is 0 Å². The van der Waals surface area contributed by atoms with Gasteiger partial charge < -0.3 is 5.73 Å². The third-order valence-corrected chi connectivity index (χ3v) is 2.28. The fourth-order valence-electron chi connectivity index (χ4n) is 1.31. The summed E-state index contributed by atoms with van der Waals surface area (Å²) in [6.07, 6.45) is 2.20. The second kappa shape index (κ2) is 5.05. The molecule has 0 unspecified atom stereocenters. The Hall–Kier alpha value is -0.960. The van der Waals surface area contributed by atoms with Gasteiger partial charge in [0, 0.05) is 0 Å². The fourth-order valence-corrected chi connectivity index (χ4v) is 1.45. The molecule has 0 aliphatic rings. The predicted octanol–water partition coefficient (Wildman–Crippen LogP) is 2.74. The van der Waals surface area contributed by atoms with E-state index in [2.05, 4.69) is 0 Å². The Bertz CT molecular complexity index is 336. The molecule has 0 saturated carbocycles. The molecule has 1 aromatic rings. The van der Waals surface area contributed by atoms with Crippen LogP contribution in [0.4, 0.5) is 4.39 Å². The number of thiocarbonyl (C=S) groups is 1. The highest BCUT2D eigenvalue weighted by molar-refractivity contribution is 7.80. The van der Waals surface area contributed by atoms with Crippen LogP contribution >= 0.6 is 12.2 Å². The first-order chi connectivity index (χ1) is 6.59. The number of halogens is 1. The predicted molar refractivity (Wildman–Crippen MR) is 60.9 cm³/mol. The molecule has 0 aliphatic heterocycles. The Balaban J connectivity index is 2.55. The number of aryl methyl sites for hydroxylation is 2. The van der Waals surface area contributed by atoms with Crippen LogP contribution in [0.25, 0.3) is 0 Å². The van der Waals surface area contributed by atoms with Crippen molar-refractivity contribution in [1.29, 1.82) is 0 Å². The molecular formula is C11H14FNS. The van der Waals surface area contributed by atoms with Gasteiger partial charge in [-0.05, 0) is 43.4 Å². The Morgan fingerprint density at radius 2 is 2.21 bits per heavy atom. The molecular weight excluding hydrogens is 197 g/mol. The molecule has 0 radical (unpaired) electrons. The lowest BCUT2D eigenvalue weighted by Crippen LogP contribution is -2.07. The minimum Gasteiger partial charge on any atom is -0.393 e. The van der Waals surface area contributed by atoms with Crippen LogP contribution in [0, 0.1) is 12.7 Å². The Morgan fingerprint density at radius 1 is 1.50 bits per heavy atom. The lowest BCUT2D eigenvalue weighted by molar-refractivity contribution is 0.604. The molecule has 3 heteroatoms. The summed E-state index contributed by atoms with van der Waals surface area (Å²) in [5, 5.41) is 0. The minimum absolute atomic E-state index is 0.132. The molecule has 0 amide bonds. The SMILES string of the molecule is Cc1ccc(CCCC(N)=S)c(F)c1. The maximum Gasteiger partial charge on any atom is 0.126 e. The lowest BCUT2D eigenvalue weighted by Gasteiger charge is -2.03. The summed E-state index contributed by atoms with van der Waals surface area (Å²) in [6, 6.07) is 5.29. The van der Waals surface area contributed by atoms with Gasteiger partial charge in [-0.15, -0.1) is 0 Å². The lowest BCUT2D eigenvalue weighted by atomic mass is 10.1. The zero-order valence-corrected chi connectivity index (χ0v) is 9.03. The van der Waals surface area contributed by atoms with E-state index in [1.807, 2.05) is 19.1 Å². The van der Waals surface area contributed by atoms with Gasteiger partial charge in [0.15, 0.2) is 0 Å². The zero-order valence-electron chi connectivity index (χ0n) is 8.22. The fraction of sp³-hybridized carbons (Fsp3) is 0.364. The van der Waals surface area contributed by atoms with E-state index in [0.29, 0.717) is 17.8 Å². The largest absolute Gasteiger partial charge is 0.393 e. The molecule has 0 spiro atoms. The van der Waals surface area contributed by atoms with Crippen molar-refractivity contribution in [3.05, 3.63) is 35.1 Å². The smallest absolute Gasteiger partial charge is 0.126 e. The summed E-state index contributed by atoms with van der Waals surface area (Å²) >= 11 is 4.75. The van der Waals surface area contributed by atoms with Gasteiger partial charge in [0.1, 0.15) is 5.82 Å². The zero-order chi connectivity index (χ0) is 10.6. The maximum absolute atomic E-state index is 13.3. The molecule has 1 nitrogen and oxygen atoms in total. The second-order valence-corrected chi connectivity index (χ2v) is 3.94. The number of benzene rings is 1. The van der Waals surface area contributed by atoms with Gasteiger partial charge in [0.25, 0.3) is 0 Å². The van der Waals surface area contributed by atoms with E-state index in [-0.39, 0.29) is 5.82 Å². The van der Waals surface area contributed by atoms with E-state index >= 15 is 0 Å². The molecule has 0 fully saturated rings. The van der Waals surface area contributed by atoms with E-state index in [4.69, 9.17) is 18.0 Å². The van der Waals surface area contributed by atoms with Gasteiger partial charge in [-0.1, -0.05) is 24.4 Å².